The van der Waals surface area contributed by atoms with Gasteiger partial charge in [-0.05, 0) is 12.5 Å². The molecule has 2 rings (SSSR count). The number of cyclic esters (lactones) is 1. The molecule has 2 aliphatic rings. The van der Waals surface area contributed by atoms with E-state index < -0.39 is 55.2 Å². The zero-order valence-corrected chi connectivity index (χ0v) is 15.0. The van der Waals surface area contributed by atoms with E-state index in [0.717, 1.165) is 6.26 Å². The van der Waals surface area contributed by atoms with Crippen LogP contribution in [0.25, 0.3) is 0 Å². The Morgan fingerprint density at radius 1 is 1.26 bits per heavy atom. The predicted octanol–water partition coefficient (Wildman–Crippen LogP) is -1.63. The SMILES string of the molecule is C/C=C1\COC(=O)C[C@H]1/C(=C\O[C@H]1O[C@@H](CO)[C@@H](O)[C@@H](O)[C@H]1O)C(=O)OC. The molecule has 0 amide bonds. The van der Waals surface area contributed by atoms with Gasteiger partial charge < -0.3 is 39.4 Å². The molecular formula is C17H24O10. The van der Waals surface area contributed by atoms with Gasteiger partial charge in [0.1, 0.15) is 31.0 Å². The van der Waals surface area contributed by atoms with Crippen LogP contribution in [-0.2, 0) is 28.5 Å². The molecule has 0 unspecified atom stereocenters. The van der Waals surface area contributed by atoms with Crippen molar-refractivity contribution in [3.8, 4) is 0 Å². The lowest BCUT2D eigenvalue weighted by Gasteiger charge is -2.39. The maximum absolute atomic E-state index is 12.2. The largest absolute Gasteiger partial charge is 0.469 e. The zero-order chi connectivity index (χ0) is 20.1. The molecule has 10 nitrogen and oxygen atoms in total. The number of carbonyl (C=O) groups is 2. The summed E-state index contributed by atoms with van der Waals surface area (Å²) in [6.07, 6.45) is -4.78. The second-order valence-electron chi connectivity index (χ2n) is 6.18. The number of allylic oxidation sites excluding steroid dienone is 1. The summed E-state index contributed by atoms with van der Waals surface area (Å²) in [4.78, 5) is 23.8. The van der Waals surface area contributed by atoms with Crippen molar-refractivity contribution < 1.29 is 49.0 Å². The van der Waals surface area contributed by atoms with Gasteiger partial charge in [-0.15, -0.1) is 0 Å². The summed E-state index contributed by atoms with van der Waals surface area (Å²) in [6, 6.07) is 0. The van der Waals surface area contributed by atoms with E-state index in [1.807, 2.05) is 0 Å². The Bertz CT molecular complexity index is 611. The Hall–Kier alpha value is -1.98. The van der Waals surface area contributed by atoms with Crippen LogP contribution < -0.4 is 0 Å². The van der Waals surface area contributed by atoms with Crippen LogP contribution in [0.4, 0.5) is 0 Å². The molecule has 152 valence electrons. The highest BCUT2D eigenvalue weighted by atomic mass is 16.7. The third-order valence-electron chi connectivity index (χ3n) is 4.56. The number of aliphatic hydroxyl groups excluding tert-OH is 4. The fourth-order valence-electron chi connectivity index (χ4n) is 2.93. The highest BCUT2D eigenvalue weighted by molar-refractivity contribution is 5.90. The van der Waals surface area contributed by atoms with Crippen molar-refractivity contribution in [1.82, 2.24) is 0 Å². The summed E-state index contributed by atoms with van der Waals surface area (Å²) in [5.41, 5.74) is 0.669. The third kappa shape index (κ3) is 4.66. The van der Waals surface area contributed by atoms with Gasteiger partial charge in [-0.2, -0.15) is 0 Å². The number of methoxy groups -OCH3 is 1. The monoisotopic (exact) mass is 388 g/mol. The topological polar surface area (TPSA) is 152 Å². The first kappa shape index (κ1) is 21.3. The molecule has 2 aliphatic heterocycles. The minimum atomic E-state index is -1.63. The molecule has 0 aromatic carbocycles. The van der Waals surface area contributed by atoms with Gasteiger partial charge in [0.15, 0.2) is 0 Å². The van der Waals surface area contributed by atoms with Crippen LogP contribution in [0.15, 0.2) is 23.5 Å². The average Bonchev–Trinajstić information content (AvgIpc) is 2.67. The van der Waals surface area contributed by atoms with E-state index in [0.29, 0.717) is 5.57 Å². The van der Waals surface area contributed by atoms with Gasteiger partial charge in [-0.25, -0.2) is 4.79 Å². The molecule has 0 bridgehead atoms. The van der Waals surface area contributed by atoms with Crippen molar-refractivity contribution in [2.24, 2.45) is 5.92 Å². The van der Waals surface area contributed by atoms with Crippen LogP contribution in [0.2, 0.25) is 0 Å². The summed E-state index contributed by atoms with van der Waals surface area (Å²) in [5.74, 6) is -1.89. The number of rotatable bonds is 5. The van der Waals surface area contributed by atoms with Gasteiger partial charge in [0, 0.05) is 5.92 Å². The first-order valence-corrected chi connectivity index (χ1v) is 8.39. The van der Waals surface area contributed by atoms with Gasteiger partial charge >= 0.3 is 11.9 Å². The van der Waals surface area contributed by atoms with Crippen molar-refractivity contribution in [3.05, 3.63) is 23.5 Å². The highest BCUT2D eigenvalue weighted by Crippen LogP contribution is 2.31. The van der Waals surface area contributed by atoms with Crippen molar-refractivity contribution in [3.63, 3.8) is 0 Å². The molecular weight excluding hydrogens is 364 g/mol. The van der Waals surface area contributed by atoms with Gasteiger partial charge in [0.2, 0.25) is 6.29 Å². The standard InChI is InChI=1S/C17H24O10/c1-3-8-6-25-12(19)4-9(8)10(16(23)24-2)7-26-17-15(22)14(21)13(20)11(5-18)27-17/h3,7,9,11,13-15,17-18,20-22H,4-6H2,1-2H3/b8-3+,10-7+/t9-,11+,13-,14-,15-,17+/m1/s1. The second-order valence-corrected chi connectivity index (χ2v) is 6.18. The fraction of sp³-hybridized carbons (Fsp3) is 0.647. The van der Waals surface area contributed by atoms with Crippen LogP contribution in [0.1, 0.15) is 13.3 Å². The quantitative estimate of drug-likeness (QED) is 0.187. The molecule has 2 saturated heterocycles. The molecule has 0 aromatic rings. The van der Waals surface area contributed by atoms with Crippen LogP contribution >= 0.6 is 0 Å². The summed E-state index contributed by atoms with van der Waals surface area (Å²) in [5, 5.41) is 38.8. The number of hydrogen-bond acceptors (Lipinski definition) is 10. The lowest BCUT2D eigenvalue weighted by atomic mass is 9.87. The second kappa shape index (κ2) is 9.29. The number of hydrogen-bond donors (Lipinski definition) is 4. The Kier molecular flexibility index (Phi) is 7.33. The molecule has 10 heteroatoms. The van der Waals surface area contributed by atoms with Crippen molar-refractivity contribution in [1.29, 1.82) is 0 Å². The lowest BCUT2D eigenvalue weighted by Crippen LogP contribution is -2.58. The van der Waals surface area contributed by atoms with E-state index >= 15 is 0 Å². The molecule has 6 atom stereocenters. The summed E-state index contributed by atoms with van der Waals surface area (Å²) < 4.78 is 20.2. The van der Waals surface area contributed by atoms with Gasteiger partial charge in [-0.3, -0.25) is 4.79 Å². The Balaban J connectivity index is 2.25. The number of ether oxygens (including phenoxy) is 4. The van der Waals surface area contributed by atoms with E-state index in [9.17, 15) is 30.0 Å². The van der Waals surface area contributed by atoms with Crippen molar-refractivity contribution in [2.75, 3.05) is 20.3 Å². The molecule has 0 aliphatic carbocycles. The van der Waals surface area contributed by atoms with Crippen LogP contribution in [0.5, 0.6) is 0 Å². The zero-order valence-electron chi connectivity index (χ0n) is 15.0. The average molecular weight is 388 g/mol. The van der Waals surface area contributed by atoms with E-state index in [4.69, 9.17) is 18.9 Å². The Labute approximate surface area is 155 Å². The maximum Gasteiger partial charge on any atom is 0.337 e. The normalized spacial score (nSPS) is 36.3. The van der Waals surface area contributed by atoms with E-state index in [2.05, 4.69) is 0 Å². The van der Waals surface area contributed by atoms with Gasteiger partial charge in [0.25, 0.3) is 0 Å². The molecule has 4 N–H and O–H groups in total. The van der Waals surface area contributed by atoms with E-state index in [1.165, 1.54) is 7.11 Å². The minimum Gasteiger partial charge on any atom is -0.469 e. The minimum absolute atomic E-state index is 0.000731. The molecule has 0 radical (unpaired) electrons. The molecule has 2 heterocycles. The highest BCUT2D eigenvalue weighted by Gasteiger charge is 2.44. The Morgan fingerprint density at radius 3 is 2.56 bits per heavy atom. The van der Waals surface area contributed by atoms with Gasteiger partial charge in [0.05, 0.1) is 32.0 Å². The molecule has 2 fully saturated rings. The van der Waals surface area contributed by atoms with E-state index in [1.54, 1.807) is 13.0 Å². The summed E-state index contributed by atoms with van der Waals surface area (Å²) in [6.45, 7) is 1.14. The van der Waals surface area contributed by atoms with Crippen LogP contribution in [0, 0.1) is 5.92 Å². The van der Waals surface area contributed by atoms with Crippen LogP contribution in [-0.4, -0.2) is 83.4 Å². The van der Waals surface area contributed by atoms with Gasteiger partial charge in [-0.1, -0.05) is 6.08 Å². The number of carbonyl (C=O) groups excluding carboxylic acids is 2. The Morgan fingerprint density at radius 2 is 1.96 bits per heavy atom. The molecule has 0 spiro atoms. The summed E-state index contributed by atoms with van der Waals surface area (Å²) >= 11 is 0. The summed E-state index contributed by atoms with van der Waals surface area (Å²) in [7, 11) is 1.17. The fourth-order valence-corrected chi connectivity index (χ4v) is 2.93. The molecule has 0 saturated carbocycles. The first-order valence-electron chi connectivity index (χ1n) is 8.39. The molecule has 27 heavy (non-hydrogen) atoms. The third-order valence-corrected chi connectivity index (χ3v) is 4.56. The first-order chi connectivity index (χ1) is 12.8. The lowest BCUT2D eigenvalue weighted by molar-refractivity contribution is -0.288. The number of aliphatic hydroxyl groups is 4. The van der Waals surface area contributed by atoms with Crippen molar-refractivity contribution >= 4 is 11.9 Å². The van der Waals surface area contributed by atoms with E-state index in [-0.39, 0.29) is 18.6 Å². The smallest absolute Gasteiger partial charge is 0.337 e. The van der Waals surface area contributed by atoms with Crippen LogP contribution in [0.3, 0.4) is 0 Å². The maximum atomic E-state index is 12.2. The molecule has 0 aromatic heterocycles. The van der Waals surface area contributed by atoms with Crippen molar-refractivity contribution in [2.45, 2.75) is 44.1 Å². The predicted molar refractivity (Wildman–Crippen MR) is 87.8 cm³/mol. The number of esters is 2.